The number of aromatic nitrogens is 1. The number of imide groups is 1. The maximum absolute atomic E-state index is 12.6. The summed E-state index contributed by atoms with van der Waals surface area (Å²) < 4.78 is 0. The van der Waals surface area contributed by atoms with Crippen molar-refractivity contribution in [2.24, 2.45) is 11.0 Å². The zero-order chi connectivity index (χ0) is 16.0. The van der Waals surface area contributed by atoms with Gasteiger partial charge in [-0.2, -0.15) is 5.10 Å². The van der Waals surface area contributed by atoms with E-state index in [2.05, 4.69) is 15.5 Å². The van der Waals surface area contributed by atoms with Crippen molar-refractivity contribution in [3.8, 4) is 0 Å². The molecule has 0 aromatic carbocycles. The van der Waals surface area contributed by atoms with Crippen LogP contribution < -0.4 is 5.43 Å². The molecule has 0 bridgehead atoms. The first-order chi connectivity index (χ1) is 10.5. The van der Waals surface area contributed by atoms with Crippen molar-refractivity contribution in [1.82, 2.24) is 15.3 Å². The van der Waals surface area contributed by atoms with Gasteiger partial charge in [0.2, 0.25) is 11.7 Å². The number of likely N-dealkylation sites (tertiary alicyclic amines) is 1. The molecule has 1 aromatic heterocycles. The van der Waals surface area contributed by atoms with Gasteiger partial charge >= 0.3 is 0 Å². The van der Waals surface area contributed by atoms with Gasteiger partial charge in [-0.1, -0.05) is 23.2 Å². The van der Waals surface area contributed by atoms with E-state index in [0.717, 1.165) is 4.90 Å². The number of hydrogen-bond acceptors (Lipinski definition) is 6. The maximum atomic E-state index is 12.6. The van der Waals surface area contributed by atoms with Gasteiger partial charge in [0, 0.05) is 6.54 Å². The van der Waals surface area contributed by atoms with Gasteiger partial charge in [-0.05, 0) is 19.1 Å². The van der Waals surface area contributed by atoms with Crippen LogP contribution in [0.2, 0.25) is 10.2 Å². The normalized spacial score (nSPS) is 23.4. The minimum atomic E-state index is -0.947. The third-order valence-electron chi connectivity index (χ3n) is 3.59. The number of halogens is 2. The summed E-state index contributed by atoms with van der Waals surface area (Å²) in [6.45, 7) is 1.93. The molecule has 7 nitrogen and oxygen atoms in total. The number of rotatable bonds is 3. The summed E-state index contributed by atoms with van der Waals surface area (Å²) in [4.78, 5) is 41.9. The van der Waals surface area contributed by atoms with E-state index < -0.39 is 29.6 Å². The fraction of sp³-hybridized carbons (Fsp3) is 0.308. The van der Waals surface area contributed by atoms with Gasteiger partial charge in [0.05, 0.1) is 5.02 Å². The summed E-state index contributed by atoms with van der Waals surface area (Å²) in [5.74, 6) is -2.41. The number of carbonyl (C=O) groups is 3. The third-order valence-corrected chi connectivity index (χ3v) is 4.11. The van der Waals surface area contributed by atoms with Gasteiger partial charge in [-0.3, -0.25) is 24.7 Å². The molecule has 0 saturated carbocycles. The second-order valence-corrected chi connectivity index (χ2v) is 5.59. The number of amides is 2. The van der Waals surface area contributed by atoms with Gasteiger partial charge in [-0.25, -0.2) is 4.98 Å². The van der Waals surface area contributed by atoms with Crippen molar-refractivity contribution in [2.75, 3.05) is 6.54 Å². The Labute approximate surface area is 135 Å². The smallest absolute Gasteiger partial charge is 0.254 e. The number of hydrogen-bond donors (Lipinski definition) is 1. The Morgan fingerprint density at radius 2 is 2.05 bits per heavy atom. The van der Waals surface area contributed by atoms with E-state index in [0.29, 0.717) is 0 Å². The molecule has 2 atom stereocenters. The molecule has 0 unspecified atom stereocenters. The molecule has 2 aliphatic heterocycles. The molecule has 1 saturated heterocycles. The zero-order valence-corrected chi connectivity index (χ0v) is 12.9. The van der Waals surface area contributed by atoms with E-state index >= 15 is 0 Å². The fourth-order valence-electron chi connectivity index (χ4n) is 2.55. The molecule has 0 aliphatic carbocycles. The van der Waals surface area contributed by atoms with E-state index in [9.17, 15) is 14.4 Å². The highest BCUT2D eigenvalue weighted by Gasteiger charge is 2.54. The molecule has 2 amide bonds. The van der Waals surface area contributed by atoms with Crippen LogP contribution in [0.4, 0.5) is 0 Å². The number of Topliss-reactive ketones (excluding diaryl/α,β-unsaturated/α-hetero) is 1. The summed E-state index contributed by atoms with van der Waals surface area (Å²) in [5, 5.41) is 4.04. The maximum Gasteiger partial charge on any atom is 0.254 e. The third kappa shape index (κ3) is 2.08. The predicted octanol–water partition coefficient (Wildman–Crippen LogP) is 0.904. The van der Waals surface area contributed by atoms with Crippen LogP contribution in [0.5, 0.6) is 0 Å². The Bertz CT molecular complexity index is 734. The largest absolute Gasteiger partial charge is 0.296 e. The lowest BCUT2D eigenvalue weighted by molar-refractivity contribution is -0.139. The quantitative estimate of drug-likeness (QED) is 0.501. The Morgan fingerprint density at radius 3 is 2.73 bits per heavy atom. The summed E-state index contributed by atoms with van der Waals surface area (Å²) in [6.07, 6.45) is 0. The second kappa shape index (κ2) is 5.33. The molecular formula is C13H10Cl2N4O3. The van der Waals surface area contributed by atoms with Crippen LogP contribution >= 0.6 is 23.2 Å². The monoisotopic (exact) mass is 340 g/mol. The average molecular weight is 341 g/mol. The molecular weight excluding hydrogens is 331 g/mol. The lowest BCUT2D eigenvalue weighted by Gasteiger charge is -2.12. The van der Waals surface area contributed by atoms with Crippen LogP contribution in [0.25, 0.3) is 0 Å². The highest BCUT2D eigenvalue weighted by Crippen LogP contribution is 2.28. The Balaban J connectivity index is 1.97. The van der Waals surface area contributed by atoms with E-state index in [-0.39, 0.29) is 28.1 Å². The van der Waals surface area contributed by atoms with E-state index in [1.807, 2.05) is 0 Å². The molecule has 9 heteroatoms. The molecule has 0 radical (unpaired) electrons. The minimum Gasteiger partial charge on any atom is -0.296 e. The van der Waals surface area contributed by atoms with Gasteiger partial charge < -0.3 is 0 Å². The van der Waals surface area contributed by atoms with Gasteiger partial charge in [0.1, 0.15) is 28.5 Å². The van der Waals surface area contributed by atoms with Gasteiger partial charge in [0.15, 0.2) is 0 Å². The van der Waals surface area contributed by atoms with Gasteiger partial charge in [0.25, 0.3) is 5.91 Å². The van der Waals surface area contributed by atoms with Crippen molar-refractivity contribution < 1.29 is 14.4 Å². The number of carbonyl (C=O) groups excluding carboxylic acids is 3. The molecule has 2 aliphatic rings. The average Bonchev–Trinajstić information content (AvgIpc) is 3.02. The first kappa shape index (κ1) is 14.9. The van der Waals surface area contributed by atoms with Crippen LogP contribution in [0.15, 0.2) is 17.2 Å². The fourth-order valence-corrected chi connectivity index (χ4v) is 2.88. The van der Waals surface area contributed by atoms with Crippen molar-refractivity contribution in [1.29, 1.82) is 0 Å². The number of pyridine rings is 1. The number of ketones is 1. The molecule has 1 fully saturated rings. The molecule has 3 heterocycles. The van der Waals surface area contributed by atoms with Crippen LogP contribution in [0, 0.1) is 5.92 Å². The highest BCUT2D eigenvalue weighted by atomic mass is 35.5. The van der Waals surface area contributed by atoms with Crippen molar-refractivity contribution in [2.45, 2.75) is 13.0 Å². The van der Waals surface area contributed by atoms with E-state index in [4.69, 9.17) is 23.2 Å². The number of nitrogens with one attached hydrogen (secondary N) is 1. The first-order valence-electron chi connectivity index (χ1n) is 6.50. The number of hydrazone groups is 1. The number of fused-ring (bicyclic) bond motifs is 1. The van der Waals surface area contributed by atoms with E-state index in [1.54, 1.807) is 6.92 Å². The van der Waals surface area contributed by atoms with Crippen LogP contribution in [0.1, 0.15) is 17.4 Å². The lowest BCUT2D eigenvalue weighted by atomic mass is 9.94. The van der Waals surface area contributed by atoms with Crippen LogP contribution in [-0.2, 0) is 9.59 Å². The molecule has 3 rings (SSSR count). The zero-order valence-electron chi connectivity index (χ0n) is 11.3. The second-order valence-electron chi connectivity index (χ2n) is 4.80. The summed E-state index contributed by atoms with van der Waals surface area (Å²) >= 11 is 11.7. The SMILES string of the molecule is CCN1C(=O)[C@H]2C(C(=O)c3nc(Cl)ccc3Cl)=NN[C@@H]2C1=O. The topological polar surface area (TPSA) is 91.7 Å². The van der Waals surface area contributed by atoms with Crippen molar-refractivity contribution in [3.05, 3.63) is 28.0 Å². The standard InChI is InChI=1S/C13H10Cl2N4O3/c1-2-19-12(21)7-9(17-18-10(7)13(19)22)11(20)8-5(14)3-4-6(15)16-8/h3-4,7,10,18H,2H2,1H3/t7-,10-/m0/s1. The lowest BCUT2D eigenvalue weighted by Crippen LogP contribution is -2.36. The predicted molar refractivity (Wildman–Crippen MR) is 78.8 cm³/mol. The minimum absolute atomic E-state index is 0.0732. The first-order valence-corrected chi connectivity index (χ1v) is 7.26. The molecule has 114 valence electrons. The molecule has 1 aromatic rings. The molecule has 22 heavy (non-hydrogen) atoms. The van der Waals surface area contributed by atoms with Crippen molar-refractivity contribution >= 4 is 46.5 Å². The number of likely N-dealkylation sites (N-methyl/N-ethyl adjacent to an activating group) is 1. The Morgan fingerprint density at radius 1 is 1.32 bits per heavy atom. The number of nitrogens with zero attached hydrogens (tertiary/aromatic N) is 3. The molecule has 1 N–H and O–H groups in total. The summed E-state index contributed by atoms with van der Waals surface area (Å²) in [5.41, 5.74) is 2.38. The Kier molecular flexibility index (Phi) is 3.62. The van der Waals surface area contributed by atoms with Crippen LogP contribution in [-0.4, -0.2) is 45.8 Å². The highest BCUT2D eigenvalue weighted by molar-refractivity contribution is 6.53. The summed E-state index contributed by atoms with van der Waals surface area (Å²) in [6, 6.07) is 2.04. The van der Waals surface area contributed by atoms with Crippen LogP contribution in [0.3, 0.4) is 0 Å². The Hall–Kier alpha value is -1.99. The van der Waals surface area contributed by atoms with Crippen molar-refractivity contribution in [3.63, 3.8) is 0 Å². The summed E-state index contributed by atoms with van der Waals surface area (Å²) in [7, 11) is 0. The molecule has 0 spiro atoms. The van der Waals surface area contributed by atoms with Gasteiger partial charge in [-0.15, -0.1) is 0 Å². The van der Waals surface area contributed by atoms with E-state index in [1.165, 1.54) is 12.1 Å².